The van der Waals surface area contributed by atoms with E-state index in [0.29, 0.717) is 12.0 Å². The van der Waals surface area contributed by atoms with Gasteiger partial charge in [-0.2, -0.15) is 0 Å². The van der Waals surface area contributed by atoms with Gasteiger partial charge < -0.3 is 9.64 Å². The summed E-state index contributed by atoms with van der Waals surface area (Å²) in [5, 5.41) is 3.53. The third kappa shape index (κ3) is 2.91. The van der Waals surface area contributed by atoms with Crippen LogP contribution in [-0.2, 0) is 4.79 Å². The van der Waals surface area contributed by atoms with E-state index in [4.69, 9.17) is 4.74 Å². The summed E-state index contributed by atoms with van der Waals surface area (Å²) < 4.78 is 5.21. The SMILES string of the molecule is COc1ccc(C2NC(CC(C)C)C(=O)N2C2CC2)cc1. The van der Waals surface area contributed by atoms with Crippen molar-refractivity contribution in [1.82, 2.24) is 10.2 Å². The van der Waals surface area contributed by atoms with Gasteiger partial charge in [0.15, 0.2) is 0 Å². The Balaban J connectivity index is 1.82. The molecule has 1 aromatic carbocycles. The standard InChI is InChI=1S/C17H24N2O2/c1-11(2)10-15-17(20)19(13-6-7-13)16(18-15)12-4-8-14(21-3)9-5-12/h4-5,8-9,11,13,15-16,18H,6-7,10H2,1-3H3. The minimum Gasteiger partial charge on any atom is -0.497 e. The second-order valence-electron chi connectivity index (χ2n) is 6.50. The Morgan fingerprint density at radius 2 is 1.95 bits per heavy atom. The van der Waals surface area contributed by atoms with Gasteiger partial charge in [0.1, 0.15) is 11.9 Å². The lowest BCUT2D eigenvalue weighted by Crippen LogP contribution is -2.33. The third-order valence-electron chi connectivity index (χ3n) is 4.27. The van der Waals surface area contributed by atoms with E-state index in [9.17, 15) is 4.79 Å². The number of nitrogens with zero attached hydrogens (tertiary/aromatic N) is 1. The Labute approximate surface area is 126 Å². The van der Waals surface area contributed by atoms with Crippen LogP contribution in [0.3, 0.4) is 0 Å². The van der Waals surface area contributed by atoms with Gasteiger partial charge in [0.25, 0.3) is 0 Å². The normalized spacial score (nSPS) is 25.7. The number of amides is 1. The van der Waals surface area contributed by atoms with E-state index in [1.165, 1.54) is 0 Å². The average molecular weight is 288 g/mol. The van der Waals surface area contributed by atoms with E-state index < -0.39 is 0 Å². The number of methoxy groups -OCH3 is 1. The molecule has 1 saturated carbocycles. The van der Waals surface area contributed by atoms with E-state index >= 15 is 0 Å². The number of nitrogens with one attached hydrogen (secondary N) is 1. The van der Waals surface area contributed by atoms with Gasteiger partial charge in [0, 0.05) is 6.04 Å². The van der Waals surface area contributed by atoms with E-state index in [1.54, 1.807) is 7.11 Å². The number of carbonyl (C=O) groups excluding carboxylic acids is 1. The summed E-state index contributed by atoms with van der Waals surface area (Å²) in [4.78, 5) is 14.7. The highest BCUT2D eigenvalue weighted by Crippen LogP contribution is 2.38. The fourth-order valence-corrected chi connectivity index (χ4v) is 3.08. The number of hydrogen-bond donors (Lipinski definition) is 1. The highest BCUT2D eigenvalue weighted by atomic mass is 16.5. The molecular weight excluding hydrogens is 264 g/mol. The van der Waals surface area contributed by atoms with Gasteiger partial charge in [0.2, 0.25) is 5.91 Å². The lowest BCUT2D eigenvalue weighted by molar-refractivity contribution is -0.130. The van der Waals surface area contributed by atoms with Crippen molar-refractivity contribution in [2.24, 2.45) is 5.92 Å². The van der Waals surface area contributed by atoms with Crippen LogP contribution in [0.2, 0.25) is 0 Å². The molecule has 2 unspecified atom stereocenters. The molecule has 1 aliphatic carbocycles. The topological polar surface area (TPSA) is 41.6 Å². The summed E-state index contributed by atoms with van der Waals surface area (Å²) in [6, 6.07) is 8.41. The van der Waals surface area contributed by atoms with Crippen molar-refractivity contribution in [3.05, 3.63) is 29.8 Å². The molecule has 0 bridgehead atoms. The quantitative estimate of drug-likeness (QED) is 0.906. The molecule has 0 radical (unpaired) electrons. The first-order chi connectivity index (χ1) is 10.1. The molecule has 1 saturated heterocycles. The average Bonchev–Trinajstić information content (AvgIpc) is 3.25. The molecule has 114 valence electrons. The molecule has 1 heterocycles. The number of benzene rings is 1. The van der Waals surface area contributed by atoms with Crippen molar-refractivity contribution in [3.8, 4) is 5.75 Å². The second-order valence-corrected chi connectivity index (χ2v) is 6.50. The fourth-order valence-electron chi connectivity index (χ4n) is 3.08. The summed E-state index contributed by atoms with van der Waals surface area (Å²) in [5.74, 6) is 1.63. The molecule has 1 aliphatic heterocycles. The van der Waals surface area contributed by atoms with Crippen LogP contribution in [0.25, 0.3) is 0 Å². The molecule has 21 heavy (non-hydrogen) atoms. The molecule has 3 rings (SSSR count). The maximum absolute atomic E-state index is 12.7. The highest BCUT2D eigenvalue weighted by molar-refractivity contribution is 5.85. The third-order valence-corrected chi connectivity index (χ3v) is 4.27. The highest BCUT2D eigenvalue weighted by Gasteiger charge is 2.46. The molecule has 4 heteroatoms. The summed E-state index contributed by atoms with van der Waals surface area (Å²) in [6.45, 7) is 4.33. The van der Waals surface area contributed by atoms with E-state index in [0.717, 1.165) is 30.6 Å². The summed E-state index contributed by atoms with van der Waals surface area (Å²) in [7, 11) is 1.67. The van der Waals surface area contributed by atoms with Crippen LogP contribution in [0.5, 0.6) is 5.75 Å². The molecule has 0 aromatic heterocycles. The predicted molar refractivity (Wildman–Crippen MR) is 82.0 cm³/mol. The van der Waals surface area contributed by atoms with Crippen LogP contribution >= 0.6 is 0 Å². The minimum absolute atomic E-state index is 0.0136. The molecule has 1 N–H and O–H groups in total. The summed E-state index contributed by atoms with van der Waals surface area (Å²) in [6.07, 6.45) is 3.18. The molecular formula is C17H24N2O2. The second kappa shape index (κ2) is 5.68. The number of hydrogen-bond acceptors (Lipinski definition) is 3. The van der Waals surface area contributed by atoms with Crippen molar-refractivity contribution in [3.63, 3.8) is 0 Å². The van der Waals surface area contributed by atoms with Crippen molar-refractivity contribution < 1.29 is 9.53 Å². The predicted octanol–water partition coefficient (Wildman–Crippen LogP) is 2.70. The van der Waals surface area contributed by atoms with E-state index in [-0.39, 0.29) is 18.1 Å². The van der Waals surface area contributed by atoms with E-state index in [1.807, 2.05) is 12.1 Å². The Kier molecular flexibility index (Phi) is 3.89. The van der Waals surface area contributed by atoms with Gasteiger partial charge in [-0.15, -0.1) is 0 Å². The van der Waals surface area contributed by atoms with Crippen molar-refractivity contribution >= 4 is 5.91 Å². The van der Waals surface area contributed by atoms with Crippen molar-refractivity contribution in [2.75, 3.05) is 7.11 Å². The molecule has 1 amide bonds. The number of ether oxygens (including phenoxy) is 1. The van der Waals surface area contributed by atoms with Crippen LogP contribution in [0.4, 0.5) is 0 Å². The minimum atomic E-state index is -0.0438. The molecule has 2 fully saturated rings. The summed E-state index contributed by atoms with van der Waals surface area (Å²) in [5.41, 5.74) is 1.14. The Morgan fingerprint density at radius 1 is 1.29 bits per heavy atom. The molecule has 4 nitrogen and oxygen atoms in total. The Hall–Kier alpha value is -1.55. The lowest BCUT2D eigenvalue weighted by Gasteiger charge is -2.24. The molecule has 1 aromatic rings. The van der Waals surface area contributed by atoms with Gasteiger partial charge in [0.05, 0.1) is 13.2 Å². The van der Waals surface area contributed by atoms with E-state index in [2.05, 4.69) is 36.2 Å². The number of carbonyl (C=O) groups is 1. The van der Waals surface area contributed by atoms with Crippen LogP contribution in [0.15, 0.2) is 24.3 Å². The zero-order valence-corrected chi connectivity index (χ0v) is 13.0. The van der Waals surface area contributed by atoms with Crippen molar-refractivity contribution in [2.45, 2.75) is 51.4 Å². The molecule has 0 spiro atoms. The first-order valence-electron chi connectivity index (χ1n) is 7.82. The van der Waals surface area contributed by atoms with Gasteiger partial charge in [-0.3, -0.25) is 10.1 Å². The van der Waals surface area contributed by atoms with Gasteiger partial charge in [-0.25, -0.2) is 0 Å². The first kappa shape index (κ1) is 14.4. The Bertz CT molecular complexity index is 508. The monoisotopic (exact) mass is 288 g/mol. The zero-order chi connectivity index (χ0) is 15.0. The zero-order valence-electron chi connectivity index (χ0n) is 13.0. The van der Waals surface area contributed by atoms with Crippen LogP contribution in [-0.4, -0.2) is 30.0 Å². The van der Waals surface area contributed by atoms with Crippen LogP contribution < -0.4 is 10.1 Å². The van der Waals surface area contributed by atoms with Crippen molar-refractivity contribution in [1.29, 1.82) is 0 Å². The van der Waals surface area contributed by atoms with Gasteiger partial charge in [-0.1, -0.05) is 26.0 Å². The fraction of sp³-hybridized carbons (Fsp3) is 0.588. The Morgan fingerprint density at radius 3 is 2.48 bits per heavy atom. The van der Waals surface area contributed by atoms with Crippen LogP contribution in [0.1, 0.15) is 44.8 Å². The van der Waals surface area contributed by atoms with Crippen LogP contribution in [0, 0.1) is 5.92 Å². The number of rotatable bonds is 5. The van der Waals surface area contributed by atoms with Gasteiger partial charge >= 0.3 is 0 Å². The smallest absolute Gasteiger partial charge is 0.241 e. The molecule has 2 aliphatic rings. The maximum Gasteiger partial charge on any atom is 0.241 e. The lowest BCUT2D eigenvalue weighted by atomic mass is 10.0. The first-order valence-corrected chi connectivity index (χ1v) is 7.82. The molecule has 2 atom stereocenters. The van der Waals surface area contributed by atoms with Gasteiger partial charge in [-0.05, 0) is 42.9 Å². The largest absolute Gasteiger partial charge is 0.497 e. The summed E-state index contributed by atoms with van der Waals surface area (Å²) >= 11 is 0. The maximum atomic E-state index is 12.7.